The summed E-state index contributed by atoms with van der Waals surface area (Å²) < 4.78 is 84.8. The van der Waals surface area contributed by atoms with Crippen LogP contribution in [0.4, 0.5) is 31.1 Å². The Labute approximate surface area is 256 Å². The van der Waals surface area contributed by atoms with E-state index in [1.54, 1.807) is 6.07 Å². The van der Waals surface area contributed by atoms with Crippen molar-refractivity contribution in [1.82, 2.24) is 25.0 Å². The van der Waals surface area contributed by atoms with Gasteiger partial charge in [-0.3, -0.25) is 19.3 Å². The van der Waals surface area contributed by atoms with Crippen molar-refractivity contribution >= 4 is 17.9 Å². The van der Waals surface area contributed by atoms with Crippen LogP contribution in [0.5, 0.6) is 0 Å². The van der Waals surface area contributed by atoms with Gasteiger partial charge in [0.2, 0.25) is 5.91 Å². The van der Waals surface area contributed by atoms with Crippen molar-refractivity contribution < 1.29 is 45.8 Å². The second-order valence-corrected chi connectivity index (χ2v) is 10.5. The van der Waals surface area contributed by atoms with Gasteiger partial charge in [0.15, 0.2) is 5.69 Å². The Morgan fingerprint density at radius 1 is 1.04 bits per heavy atom. The molecule has 240 valence electrons. The van der Waals surface area contributed by atoms with Crippen LogP contribution in [0.15, 0.2) is 54.7 Å². The number of carbonyl (C=O) groups is 3. The molecule has 1 atom stereocenters. The molecular formula is C30H24F6N6O4. The molecule has 5 rings (SSSR count). The number of aromatic nitrogens is 3. The van der Waals surface area contributed by atoms with Crippen LogP contribution in [-0.2, 0) is 36.9 Å². The Hall–Kier alpha value is -5.41. The van der Waals surface area contributed by atoms with Crippen LogP contribution in [0.2, 0.25) is 0 Å². The number of rotatable bonds is 8. The average molecular weight is 647 g/mol. The highest BCUT2D eigenvalue weighted by Gasteiger charge is 2.41. The number of amides is 3. The maximum atomic E-state index is 14.2. The van der Waals surface area contributed by atoms with Gasteiger partial charge in [0.25, 0.3) is 5.91 Å². The largest absolute Gasteiger partial charge is 0.465 e. The van der Waals surface area contributed by atoms with Crippen LogP contribution < -0.4 is 11.1 Å². The molecule has 0 saturated carbocycles. The van der Waals surface area contributed by atoms with Crippen molar-refractivity contribution in [2.75, 3.05) is 6.54 Å². The lowest BCUT2D eigenvalue weighted by Gasteiger charge is -2.25. The molecule has 3 amide bonds. The molecule has 0 bridgehead atoms. The second-order valence-electron chi connectivity index (χ2n) is 10.5. The van der Waals surface area contributed by atoms with E-state index in [2.05, 4.69) is 15.4 Å². The van der Waals surface area contributed by atoms with Gasteiger partial charge < -0.3 is 21.1 Å². The summed E-state index contributed by atoms with van der Waals surface area (Å²) in [6.07, 6.45) is -5.36. The molecule has 1 unspecified atom stereocenters. The molecule has 4 N–H and O–H groups in total. The molecule has 46 heavy (non-hydrogen) atoms. The van der Waals surface area contributed by atoms with Crippen molar-refractivity contribution in [2.24, 2.45) is 5.73 Å². The minimum Gasteiger partial charge on any atom is -0.465 e. The second kappa shape index (κ2) is 12.5. The SMILES string of the molecule is NC(=O)c1cc(-c2cccnc2C(Cc2cc(F)cc(F)c2)NC(=O)Cn2nc(C(F)(F)F)c3c2CCN(C(=O)O)C3)ccc1F. The lowest BCUT2D eigenvalue weighted by molar-refractivity contribution is -0.142. The standard InChI is InChI=1S/C30H24F6N6O4/c31-17-8-15(9-18(32)12-17)10-23(26-19(2-1-6-38-26)16-3-4-22(33)20(11-16)28(37)44)39-25(43)14-42-24-5-7-41(29(45)46)13-21(24)27(40-42)30(34,35)36/h1-4,6,8-9,11-12,23H,5,7,10,13-14H2,(H2,37,44)(H,39,43)(H,45,46). The van der Waals surface area contributed by atoms with Gasteiger partial charge in [0.05, 0.1) is 23.8 Å². The number of alkyl halides is 3. The van der Waals surface area contributed by atoms with Gasteiger partial charge in [-0.2, -0.15) is 18.3 Å². The molecule has 2 aromatic heterocycles. The molecule has 4 aromatic rings. The molecule has 16 heteroatoms. The molecule has 2 aromatic carbocycles. The molecule has 0 saturated heterocycles. The topological polar surface area (TPSA) is 143 Å². The van der Waals surface area contributed by atoms with Crippen LogP contribution in [0.1, 0.15) is 44.6 Å². The van der Waals surface area contributed by atoms with Gasteiger partial charge in [-0.05, 0) is 47.9 Å². The Bertz CT molecular complexity index is 1820. The summed E-state index contributed by atoms with van der Waals surface area (Å²) in [5, 5.41) is 15.5. The van der Waals surface area contributed by atoms with Gasteiger partial charge in [0, 0.05) is 42.0 Å². The van der Waals surface area contributed by atoms with E-state index in [4.69, 9.17) is 5.73 Å². The summed E-state index contributed by atoms with van der Waals surface area (Å²) >= 11 is 0. The Morgan fingerprint density at radius 3 is 2.41 bits per heavy atom. The number of carboxylic acid groups (broad SMARTS) is 1. The van der Waals surface area contributed by atoms with Crippen LogP contribution in [-0.4, -0.2) is 49.2 Å². The molecule has 10 nitrogen and oxygen atoms in total. The van der Waals surface area contributed by atoms with E-state index in [1.165, 1.54) is 24.4 Å². The number of hydrogen-bond acceptors (Lipinski definition) is 5. The number of nitrogens with zero attached hydrogens (tertiary/aromatic N) is 4. The summed E-state index contributed by atoms with van der Waals surface area (Å²) in [5.74, 6) is -4.57. The van der Waals surface area contributed by atoms with Gasteiger partial charge in [-0.1, -0.05) is 12.1 Å². The van der Waals surface area contributed by atoms with Crippen molar-refractivity contribution in [3.8, 4) is 11.1 Å². The average Bonchev–Trinajstić information content (AvgIpc) is 3.34. The van der Waals surface area contributed by atoms with Gasteiger partial charge in [0.1, 0.15) is 24.0 Å². The molecule has 1 aliphatic heterocycles. The third-order valence-electron chi connectivity index (χ3n) is 7.38. The van der Waals surface area contributed by atoms with E-state index >= 15 is 0 Å². The van der Waals surface area contributed by atoms with Gasteiger partial charge in [-0.25, -0.2) is 18.0 Å². The zero-order valence-corrected chi connectivity index (χ0v) is 23.6. The molecule has 0 aliphatic carbocycles. The van der Waals surface area contributed by atoms with Crippen molar-refractivity contribution in [3.63, 3.8) is 0 Å². The van der Waals surface area contributed by atoms with E-state index in [-0.39, 0.29) is 53.0 Å². The third-order valence-corrected chi connectivity index (χ3v) is 7.38. The van der Waals surface area contributed by atoms with Gasteiger partial charge >= 0.3 is 12.3 Å². The van der Waals surface area contributed by atoms with Gasteiger partial charge in [-0.15, -0.1) is 0 Å². The summed E-state index contributed by atoms with van der Waals surface area (Å²) in [7, 11) is 0. The highest BCUT2D eigenvalue weighted by Crippen LogP contribution is 2.35. The Kier molecular flexibility index (Phi) is 8.72. The van der Waals surface area contributed by atoms with Crippen LogP contribution in [0.3, 0.4) is 0 Å². The molecular weight excluding hydrogens is 622 g/mol. The fraction of sp³-hybridized carbons (Fsp3) is 0.233. The van der Waals surface area contributed by atoms with Crippen molar-refractivity contribution in [2.45, 2.75) is 38.1 Å². The number of fused-ring (bicyclic) bond motifs is 1. The number of benzene rings is 2. The van der Waals surface area contributed by atoms with Crippen LogP contribution in [0.25, 0.3) is 11.1 Å². The minimum atomic E-state index is -4.93. The normalized spacial score (nSPS) is 13.7. The maximum absolute atomic E-state index is 14.2. The first kappa shape index (κ1) is 32.0. The summed E-state index contributed by atoms with van der Waals surface area (Å²) in [6.45, 7) is -1.41. The fourth-order valence-corrected chi connectivity index (χ4v) is 5.39. The summed E-state index contributed by atoms with van der Waals surface area (Å²) in [5.41, 5.74) is 4.00. The summed E-state index contributed by atoms with van der Waals surface area (Å²) in [6, 6.07) is 8.13. The predicted octanol–water partition coefficient (Wildman–Crippen LogP) is 4.62. The quantitative estimate of drug-likeness (QED) is 0.239. The van der Waals surface area contributed by atoms with Crippen molar-refractivity contribution in [1.29, 1.82) is 0 Å². The number of primary amides is 1. The molecule has 3 heterocycles. The number of nitrogens with two attached hydrogens (primary N) is 1. The number of pyridine rings is 1. The zero-order chi connectivity index (χ0) is 33.3. The number of hydrogen-bond donors (Lipinski definition) is 3. The van der Waals surface area contributed by atoms with E-state index in [0.717, 1.165) is 27.8 Å². The first-order chi connectivity index (χ1) is 21.7. The predicted molar refractivity (Wildman–Crippen MR) is 148 cm³/mol. The number of halogens is 6. The Balaban J connectivity index is 1.52. The highest BCUT2D eigenvalue weighted by atomic mass is 19.4. The lowest BCUT2D eigenvalue weighted by Crippen LogP contribution is -2.37. The first-order valence-electron chi connectivity index (χ1n) is 13.6. The highest BCUT2D eigenvalue weighted by molar-refractivity contribution is 5.94. The number of nitrogens with one attached hydrogen (secondary N) is 1. The van der Waals surface area contributed by atoms with E-state index < -0.39 is 71.9 Å². The van der Waals surface area contributed by atoms with Crippen LogP contribution in [0, 0.1) is 17.5 Å². The van der Waals surface area contributed by atoms with E-state index in [1.807, 2.05) is 0 Å². The third kappa shape index (κ3) is 6.79. The molecule has 0 radical (unpaired) electrons. The summed E-state index contributed by atoms with van der Waals surface area (Å²) in [4.78, 5) is 41.8. The fourth-order valence-electron chi connectivity index (χ4n) is 5.39. The van der Waals surface area contributed by atoms with Crippen LogP contribution >= 0.6 is 0 Å². The minimum absolute atomic E-state index is 0.0348. The lowest BCUT2D eigenvalue weighted by atomic mass is 9.94. The monoisotopic (exact) mass is 646 g/mol. The maximum Gasteiger partial charge on any atom is 0.435 e. The van der Waals surface area contributed by atoms with E-state index in [0.29, 0.717) is 6.07 Å². The Morgan fingerprint density at radius 2 is 1.76 bits per heavy atom. The first-order valence-corrected chi connectivity index (χ1v) is 13.6. The van der Waals surface area contributed by atoms with E-state index in [9.17, 15) is 45.8 Å². The van der Waals surface area contributed by atoms with Crippen molar-refractivity contribution in [3.05, 3.63) is 106 Å². The molecule has 1 aliphatic rings. The molecule has 0 spiro atoms. The zero-order valence-electron chi connectivity index (χ0n) is 23.6. The molecule has 0 fully saturated rings. The smallest absolute Gasteiger partial charge is 0.435 e. The number of carbonyl (C=O) groups excluding carboxylic acids is 2.